The Balaban J connectivity index is 1.84. The summed E-state index contributed by atoms with van der Waals surface area (Å²) < 4.78 is 6.41. The van der Waals surface area contributed by atoms with Gasteiger partial charge in [-0.25, -0.2) is 9.31 Å². The van der Waals surface area contributed by atoms with E-state index in [0.717, 1.165) is 11.3 Å². The van der Waals surface area contributed by atoms with E-state index in [2.05, 4.69) is 20.3 Å². The Morgan fingerprint density at radius 2 is 1.97 bits per heavy atom. The van der Waals surface area contributed by atoms with Crippen LogP contribution in [0.1, 0.15) is 11.9 Å². The summed E-state index contributed by atoms with van der Waals surface area (Å²) in [5.41, 5.74) is 0.0972. The van der Waals surface area contributed by atoms with E-state index < -0.39 is 23.0 Å². The van der Waals surface area contributed by atoms with Gasteiger partial charge in [0.1, 0.15) is 0 Å². The van der Waals surface area contributed by atoms with E-state index in [-0.39, 0.29) is 16.6 Å². The van der Waals surface area contributed by atoms with Crippen molar-refractivity contribution in [1.82, 2.24) is 14.6 Å². The van der Waals surface area contributed by atoms with E-state index in [1.807, 2.05) is 0 Å². The van der Waals surface area contributed by atoms with Crippen molar-refractivity contribution in [3.63, 3.8) is 0 Å². The van der Waals surface area contributed by atoms with Gasteiger partial charge in [0.2, 0.25) is 10.7 Å². The summed E-state index contributed by atoms with van der Waals surface area (Å²) in [6.45, 7) is 1.70. The zero-order valence-electron chi connectivity index (χ0n) is 16.0. The molecule has 0 aliphatic rings. The van der Waals surface area contributed by atoms with E-state index in [9.17, 15) is 14.7 Å². The topological polar surface area (TPSA) is 119 Å². The molecule has 0 unspecified atom stereocenters. The van der Waals surface area contributed by atoms with Crippen LogP contribution >= 0.6 is 22.9 Å². The van der Waals surface area contributed by atoms with Crippen LogP contribution < -0.4 is 5.56 Å². The summed E-state index contributed by atoms with van der Waals surface area (Å²) in [6.07, 6.45) is 0. The number of rotatable bonds is 5. The number of aliphatic hydroxyl groups excluding tert-OH is 1. The number of ether oxygens (including phenoxy) is 1. The number of hydrogen-bond donors (Lipinski definition) is 1. The second-order valence-corrected chi connectivity index (χ2v) is 7.52. The van der Waals surface area contributed by atoms with Crippen LogP contribution in [0.3, 0.4) is 0 Å². The van der Waals surface area contributed by atoms with Gasteiger partial charge in [-0.1, -0.05) is 35.1 Å². The minimum atomic E-state index is -0.871. The average molecular weight is 456 g/mol. The van der Waals surface area contributed by atoms with Crippen molar-refractivity contribution in [2.24, 2.45) is 10.2 Å². The van der Waals surface area contributed by atoms with Gasteiger partial charge in [-0.2, -0.15) is 15.2 Å². The molecule has 0 spiro atoms. The lowest BCUT2D eigenvalue weighted by Gasteiger charge is -2.03. The van der Waals surface area contributed by atoms with Crippen LogP contribution in [-0.2, 0) is 9.53 Å². The van der Waals surface area contributed by atoms with E-state index in [4.69, 9.17) is 16.3 Å². The Kier molecular flexibility index (Phi) is 5.74. The molecule has 4 aromatic rings. The highest BCUT2D eigenvalue weighted by Crippen LogP contribution is 2.26. The molecule has 11 heteroatoms. The van der Waals surface area contributed by atoms with Gasteiger partial charge in [-0.15, -0.1) is 5.11 Å². The van der Waals surface area contributed by atoms with Crippen LogP contribution in [0.5, 0.6) is 0 Å². The molecule has 156 valence electrons. The van der Waals surface area contributed by atoms with Crippen LogP contribution in [-0.4, -0.2) is 32.3 Å². The number of halogens is 1. The highest BCUT2D eigenvalue weighted by Gasteiger charge is 2.22. The number of nitrogens with zero attached hydrogens (tertiary/aromatic N) is 5. The molecule has 2 aromatic carbocycles. The number of benzene rings is 2. The third kappa shape index (κ3) is 4.16. The van der Waals surface area contributed by atoms with Crippen molar-refractivity contribution in [3.05, 3.63) is 74.6 Å². The molecule has 0 saturated carbocycles. The van der Waals surface area contributed by atoms with Crippen LogP contribution in [0.25, 0.3) is 21.6 Å². The van der Waals surface area contributed by atoms with Gasteiger partial charge in [-0.05, 0) is 43.3 Å². The van der Waals surface area contributed by atoms with Gasteiger partial charge < -0.3 is 9.84 Å². The molecule has 0 saturated heterocycles. The Hall–Kier alpha value is -3.63. The predicted octanol–water partition coefficient (Wildman–Crippen LogP) is 4.53. The molecule has 9 nitrogen and oxygen atoms in total. The van der Waals surface area contributed by atoms with Crippen molar-refractivity contribution >= 4 is 56.2 Å². The number of aromatic nitrogens is 3. The number of azo groups is 1. The van der Waals surface area contributed by atoms with Gasteiger partial charge in [0.25, 0.3) is 5.56 Å². The molecule has 1 N–H and O–H groups in total. The molecule has 0 fully saturated rings. The molecule has 0 amide bonds. The number of para-hydroxylation sites is 1. The number of carbonyl (C=O) groups is 1. The predicted molar refractivity (Wildman–Crippen MR) is 117 cm³/mol. The molecule has 31 heavy (non-hydrogen) atoms. The normalized spacial score (nSPS) is 12.5. The molecule has 0 atom stereocenters. The van der Waals surface area contributed by atoms with Crippen molar-refractivity contribution in [1.29, 1.82) is 0 Å². The summed E-state index contributed by atoms with van der Waals surface area (Å²) in [7, 11) is 0. The molecule has 0 bridgehead atoms. The Morgan fingerprint density at radius 1 is 1.23 bits per heavy atom. The van der Waals surface area contributed by atoms with Crippen molar-refractivity contribution in [2.45, 2.75) is 6.92 Å². The number of aliphatic hydroxyl groups is 1. The fourth-order valence-electron chi connectivity index (χ4n) is 2.69. The molecule has 0 radical (unpaired) electrons. The first kappa shape index (κ1) is 20.6. The molecule has 0 aliphatic carbocycles. The molecule has 2 aromatic heterocycles. The lowest BCUT2D eigenvalue weighted by atomic mass is 10.2. The minimum absolute atomic E-state index is 0.0290. The number of hydrogen-bond acceptors (Lipinski definition) is 9. The van der Waals surface area contributed by atoms with E-state index in [1.54, 1.807) is 55.5 Å². The van der Waals surface area contributed by atoms with Crippen molar-refractivity contribution in [2.75, 3.05) is 6.61 Å². The maximum atomic E-state index is 12.4. The van der Waals surface area contributed by atoms with Gasteiger partial charge in [0, 0.05) is 5.02 Å². The Labute approximate surface area is 183 Å². The summed E-state index contributed by atoms with van der Waals surface area (Å²) >= 11 is 6.78. The largest absolute Gasteiger partial charge is 0.503 e. The summed E-state index contributed by atoms with van der Waals surface area (Å²) in [5.74, 6) is -1.41. The number of fused-ring (bicyclic) bond motifs is 3. The maximum Gasteiger partial charge on any atom is 0.362 e. The summed E-state index contributed by atoms with van der Waals surface area (Å²) in [4.78, 5) is 28.9. The first-order chi connectivity index (χ1) is 15.0. The maximum absolute atomic E-state index is 12.4. The summed E-state index contributed by atoms with van der Waals surface area (Å²) in [6, 6.07) is 13.3. The molecule has 2 heterocycles. The van der Waals surface area contributed by atoms with Gasteiger partial charge in [0.15, 0.2) is 10.8 Å². The third-order valence-electron chi connectivity index (χ3n) is 4.11. The first-order valence-corrected chi connectivity index (χ1v) is 10.2. The first-order valence-electron chi connectivity index (χ1n) is 9.04. The minimum Gasteiger partial charge on any atom is -0.503 e. The van der Waals surface area contributed by atoms with E-state index in [0.29, 0.717) is 21.6 Å². The number of esters is 1. The fraction of sp³-hybridized carbons (Fsp3) is 0.100. The summed E-state index contributed by atoms with van der Waals surface area (Å²) in [5, 5.41) is 23.9. The van der Waals surface area contributed by atoms with Gasteiger partial charge >= 0.3 is 5.97 Å². The molecular weight excluding hydrogens is 442 g/mol. The second-order valence-electron chi connectivity index (χ2n) is 6.13. The molecule has 0 aliphatic heterocycles. The van der Waals surface area contributed by atoms with Crippen LogP contribution in [0.15, 0.2) is 69.3 Å². The van der Waals surface area contributed by atoms with Gasteiger partial charge in [0.05, 0.1) is 23.2 Å². The van der Waals surface area contributed by atoms with Crippen LogP contribution in [0.2, 0.25) is 5.02 Å². The fourth-order valence-corrected chi connectivity index (χ4v) is 3.66. The zero-order chi connectivity index (χ0) is 22.0. The second kappa shape index (κ2) is 8.62. The molecular formula is C20H14ClN5O4S. The smallest absolute Gasteiger partial charge is 0.362 e. The van der Waals surface area contributed by atoms with Crippen molar-refractivity contribution < 1.29 is 14.6 Å². The third-order valence-corrected chi connectivity index (χ3v) is 5.27. The van der Waals surface area contributed by atoms with E-state index in [1.165, 1.54) is 4.52 Å². The lowest BCUT2D eigenvalue weighted by molar-refractivity contribution is -0.138. The highest BCUT2D eigenvalue weighted by molar-refractivity contribution is 7.17. The Bertz CT molecular complexity index is 1410. The van der Waals surface area contributed by atoms with E-state index >= 15 is 0 Å². The highest BCUT2D eigenvalue weighted by atomic mass is 35.5. The monoisotopic (exact) mass is 455 g/mol. The zero-order valence-corrected chi connectivity index (χ0v) is 17.6. The number of carbonyl (C=O) groups excluding carboxylic acids is 1. The van der Waals surface area contributed by atoms with Gasteiger partial charge in [-0.3, -0.25) is 4.79 Å². The SMILES string of the molecule is CCOC(=O)C(N=Nc1ccc(Cl)cc1)=C(O)c1nn2c(nc(=O)c3ccccc32)s1. The standard InChI is InChI=1S/C20H14ClN5O4S/c1-2-30-19(29)15(24-23-12-9-7-11(21)8-10-12)16(27)18-25-26-14-6-4-3-5-13(14)17(28)22-20(26)31-18/h3-10,27H,2H2,1H3. The molecule has 4 rings (SSSR count). The average Bonchev–Trinajstić information content (AvgIpc) is 3.20. The van der Waals surface area contributed by atoms with Crippen LogP contribution in [0, 0.1) is 0 Å². The van der Waals surface area contributed by atoms with Crippen molar-refractivity contribution in [3.8, 4) is 0 Å². The van der Waals surface area contributed by atoms with Crippen LogP contribution in [0.4, 0.5) is 5.69 Å². The Morgan fingerprint density at radius 3 is 2.71 bits per heavy atom. The quantitative estimate of drug-likeness (QED) is 0.204. The lowest BCUT2D eigenvalue weighted by Crippen LogP contribution is -2.09.